The summed E-state index contributed by atoms with van der Waals surface area (Å²) in [5.41, 5.74) is 0.111. The summed E-state index contributed by atoms with van der Waals surface area (Å²) in [4.78, 5) is 0. The first kappa shape index (κ1) is 14.2. The first-order valence-electron chi connectivity index (χ1n) is 5.92. The second kappa shape index (κ2) is 5.31. The molecule has 0 aromatic heterocycles. The fraction of sp³-hybridized carbons (Fsp3) is 1.00. The van der Waals surface area contributed by atoms with Gasteiger partial charge in [0.25, 0.3) is 0 Å². The molecule has 0 fully saturated rings. The molecule has 0 bridgehead atoms. The van der Waals surface area contributed by atoms with Gasteiger partial charge >= 0.3 is 0 Å². The molecule has 0 aliphatic heterocycles. The van der Waals surface area contributed by atoms with E-state index < -0.39 is 8.32 Å². The fourth-order valence-electron chi connectivity index (χ4n) is 1.88. The lowest BCUT2D eigenvalue weighted by molar-refractivity contribution is 0.0508. The maximum atomic E-state index is 6.29. The van der Waals surface area contributed by atoms with E-state index in [9.17, 15) is 0 Å². The third-order valence-electron chi connectivity index (χ3n) is 2.78. The van der Waals surface area contributed by atoms with Gasteiger partial charge in [0.15, 0.2) is 8.32 Å². The molecule has 0 saturated heterocycles. The van der Waals surface area contributed by atoms with E-state index in [1.54, 1.807) is 0 Å². The van der Waals surface area contributed by atoms with Crippen LogP contribution in [-0.4, -0.2) is 13.9 Å². The van der Waals surface area contributed by atoms with E-state index in [0.717, 1.165) is 12.3 Å². The quantitative estimate of drug-likeness (QED) is 0.596. The molecule has 0 aliphatic rings. The Bertz CT molecular complexity index is 162. The first-order chi connectivity index (χ1) is 6.22. The molecular weight excluding hydrogens is 188 g/mol. The SMILES string of the molecule is CCC(C)CC(C)(CC)O[Si](C)(C)C. The second-order valence-electron chi connectivity index (χ2n) is 5.74. The molecule has 2 atom stereocenters. The van der Waals surface area contributed by atoms with Crippen LogP contribution in [0.15, 0.2) is 0 Å². The van der Waals surface area contributed by atoms with Crippen LogP contribution >= 0.6 is 0 Å². The van der Waals surface area contributed by atoms with Gasteiger partial charge in [0, 0.05) is 0 Å². The molecule has 0 aromatic carbocycles. The van der Waals surface area contributed by atoms with E-state index >= 15 is 0 Å². The Balaban J connectivity index is 4.32. The Morgan fingerprint density at radius 2 is 1.71 bits per heavy atom. The Morgan fingerprint density at radius 1 is 1.21 bits per heavy atom. The topological polar surface area (TPSA) is 9.23 Å². The number of hydrogen-bond donors (Lipinski definition) is 0. The zero-order valence-electron chi connectivity index (χ0n) is 11.1. The predicted molar refractivity (Wildman–Crippen MR) is 67.2 cm³/mol. The van der Waals surface area contributed by atoms with Gasteiger partial charge in [0.2, 0.25) is 0 Å². The van der Waals surface area contributed by atoms with Crippen molar-refractivity contribution in [2.24, 2.45) is 5.92 Å². The van der Waals surface area contributed by atoms with Gasteiger partial charge in [-0.15, -0.1) is 0 Å². The zero-order chi connectivity index (χ0) is 11.4. The first-order valence-corrected chi connectivity index (χ1v) is 9.33. The Hall–Kier alpha value is 0.177. The van der Waals surface area contributed by atoms with Crippen LogP contribution in [0.5, 0.6) is 0 Å². The molecule has 86 valence electrons. The van der Waals surface area contributed by atoms with Gasteiger partial charge in [-0.25, -0.2) is 0 Å². The highest BCUT2D eigenvalue weighted by Crippen LogP contribution is 2.29. The summed E-state index contributed by atoms with van der Waals surface area (Å²) >= 11 is 0. The smallest absolute Gasteiger partial charge is 0.184 e. The van der Waals surface area contributed by atoms with Crippen LogP contribution in [0.4, 0.5) is 0 Å². The van der Waals surface area contributed by atoms with Crippen LogP contribution < -0.4 is 0 Å². The van der Waals surface area contributed by atoms with Crippen LogP contribution in [0.3, 0.4) is 0 Å². The molecule has 0 amide bonds. The summed E-state index contributed by atoms with van der Waals surface area (Å²) in [7, 11) is -1.39. The van der Waals surface area contributed by atoms with Gasteiger partial charge in [-0.05, 0) is 45.3 Å². The molecule has 0 aliphatic carbocycles. The molecule has 14 heavy (non-hydrogen) atoms. The standard InChI is InChI=1S/C12H28OSi/c1-8-11(3)10-12(4,9-2)13-14(5,6)7/h11H,8-10H2,1-7H3. The van der Waals surface area contributed by atoms with E-state index in [1.807, 2.05) is 0 Å². The van der Waals surface area contributed by atoms with Crippen LogP contribution in [0.25, 0.3) is 0 Å². The van der Waals surface area contributed by atoms with Crippen molar-refractivity contribution in [2.75, 3.05) is 0 Å². The maximum absolute atomic E-state index is 6.29. The van der Waals surface area contributed by atoms with Gasteiger partial charge in [0.1, 0.15) is 0 Å². The maximum Gasteiger partial charge on any atom is 0.184 e. The van der Waals surface area contributed by atoms with Crippen LogP contribution in [0, 0.1) is 5.92 Å². The molecule has 2 unspecified atom stereocenters. The molecule has 0 saturated carbocycles. The largest absolute Gasteiger partial charge is 0.412 e. The van der Waals surface area contributed by atoms with E-state index in [4.69, 9.17) is 4.43 Å². The molecule has 0 radical (unpaired) electrons. The summed E-state index contributed by atoms with van der Waals surface area (Å²) in [6.07, 6.45) is 3.58. The van der Waals surface area contributed by atoms with Gasteiger partial charge < -0.3 is 4.43 Å². The van der Waals surface area contributed by atoms with E-state index in [-0.39, 0.29) is 5.60 Å². The zero-order valence-corrected chi connectivity index (χ0v) is 12.1. The lowest BCUT2D eigenvalue weighted by atomic mass is 9.90. The third-order valence-corrected chi connectivity index (χ3v) is 3.88. The molecule has 1 nitrogen and oxygen atoms in total. The van der Waals surface area contributed by atoms with Gasteiger partial charge in [0.05, 0.1) is 5.60 Å². The summed E-state index contributed by atoms with van der Waals surface area (Å²) in [5.74, 6) is 0.774. The molecule has 0 heterocycles. The van der Waals surface area contributed by atoms with Crippen molar-refractivity contribution in [3.05, 3.63) is 0 Å². The minimum atomic E-state index is -1.39. The lowest BCUT2D eigenvalue weighted by Gasteiger charge is -2.37. The van der Waals surface area contributed by atoms with Crippen LogP contribution in [0.2, 0.25) is 19.6 Å². The average molecular weight is 216 g/mol. The number of hydrogen-bond acceptors (Lipinski definition) is 1. The van der Waals surface area contributed by atoms with Gasteiger partial charge in [-0.2, -0.15) is 0 Å². The van der Waals surface area contributed by atoms with Crippen molar-refractivity contribution >= 4 is 8.32 Å². The van der Waals surface area contributed by atoms with E-state index in [1.165, 1.54) is 12.8 Å². The minimum absolute atomic E-state index is 0.111. The summed E-state index contributed by atoms with van der Waals surface area (Å²) < 4.78 is 6.29. The predicted octanol–water partition coefficient (Wildman–Crippen LogP) is 4.44. The fourth-order valence-corrected chi connectivity index (χ4v) is 3.58. The molecule has 0 spiro atoms. The molecule has 0 rings (SSSR count). The Kier molecular flexibility index (Phi) is 5.38. The molecule has 0 N–H and O–H groups in total. The average Bonchev–Trinajstić information content (AvgIpc) is 2.00. The summed E-state index contributed by atoms with van der Waals surface area (Å²) in [6.45, 7) is 15.9. The normalized spacial score (nSPS) is 19.1. The van der Waals surface area contributed by atoms with Crippen LogP contribution in [0.1, 0.15) is 47.0 Å². The highest BCUT2D eigenvalue weighted by molar-refractivity contribution is 6.69. The minimum Gasteiger partial charge on any atom is -0.412 e. The van der Waals surface area contributed by atoms with Gasteiger partial charge in [-0.1, -0.05) is 27.2 Å². The summed E-state index contributed by atoms with van der Waals surface area (Å²) in [5, 5.41) is 0. The lowest BCUT2D eigenvalue weighted by Crippen LogP contribution is -2.41. The van der Waals surface area contributed by atoms with Crippen molar-refractivity contribution in [1.82, 2.24) is 0 Å². The van der Waals surface area contributed by atoms with Crippen molar-refractivity contribution in [2.45, 2.75) is 72.2 Å². The molecular formula is C12H28OSi. The van der Waals surface area contributed by atoms with Crippen molar-refractivity contribution in [3.63, 3.8) is 0 Å². The Morgan fingerprint density at radius 3 is 2.00 bits per heavy atom. The van der Waals surface area contributed by atoms with Gasteiger partial charge in [-0.3, -0.25) is 0 Å². The van der Waals surface area contributed by atoms with Crippen LogP contribution in [-0.2, 0) is 4.43 Å². The van der Waals surface area contributed by atoms with Crippen molar-refractivity contribution in [3.8, 4) is 0 Å². The number of rotatable bonds is 6. The second-order valence-corrected chi connectivity index (χ2v) is 10.2. The van der Waals surface area contributed by atoms with Crippen molar-refractivity contribution in [1.29, 1.82) is 0 Å². The molecule has 2 heteroatoms. The van der Waals surface area contributed by atoms with E-state index in [0.29, 0.717) is 0 Å². The highest BCUT2D eigenvalue weighted by atomic mass is 28.4. The Labute approximate surface area is 91.4 Å². The van der Waals surface area contributed by atoms with Crippen molar-refractivity contribution < 1.29 is 4.43 Å². The monoisotopic (exact) mass is 216 g/mol. The van der Waals surface area contributed by atoms with E-state index in [2.05, 4.69) is 47.3 Å². The highest BCUT2D eigenvalue weighted by Gasteiger charge is 2.30. The third kappa shape index (κ3) is 5.81. The summed E-state index contributed by atoms with van der Waals surface area (Å²) in [6, 6.07) is 0. The molecule has 0 aromatic rings.